The first-order chi connectivity index (χ1) is 6.93. The zero-order chi connectivity index (χ0) is 11.5. The molecule has 0 bridgehead atoms. The Morgan fingerprint density at radius 2 is 1.87 bits per heavy atom. The number of amides is 1. The van der Waals surface area contributed by atoms with Crippen molar-refractivity contribution in [2.24, 2.45) is 11.7 Å². The standard InChI is InChI=1S/C12H24N2O/c1-4-9-5-7-10(8-6-9)14-11(15)12(2,3)13/h9-10H,4-8,13H2,1-3H3,(H,14,15). The third-order valence-electron chi connectivity index (χ3n) is 3.34. The van der Waals surface area contributed by atoms with E-state index in [0.717, 1.165) is 18.8 Å². The first-order valence-corrected chi connectivity index (χ1v) is 6.03. The van der Waals surface area contributed by atoms with Crippen LogP contribution in [-0.2, 0) is 4.79 Å². The Morgan fingerprint density at radius 3 is 2.27 bits per heavy atom. The summed E-state index contributed by atoms with van der Waals surface area (Å²) in [6.07, 6.45) is 5.97. The van der Waals surface area contributed by atoms with E-state index in [-0.39, 0.29) is 5.91 Å². The van der Waals surface area contributed by atoms with E-state index in [2.05, 4.69) is 12.2 Å². The summed E-state index contributed by atoms with van der Waals surface area (Å²) in [5, 5.41) is 3.04. The first kappa shape index (κ1) is 12.5. The van der Waals surface area contributed by atoms with Crippen LogP contribution in [0.2, 0.25) is 0 Å². The van der Waals surface area contributed by atoms with Crippen LogP contribution in [0.15, 0.2) is 0 Å². The highest BCUT2D eigenvalue weighted by Crippen LogP contribution is 2.26. The molecule has 3 N–H and O–H groups in total. The average molecular weight is 212 g/mol. The van der Waals surface area contributed by atoms with Gasteiger partial charge >= 0.3 is 0 Å². The van der Waals surface area contributed by atoms with E-state index in [4.69, 9.17) is 5.73 Å². The Bertz CT molecular complexity index is 212. The first-order valence-electron chi connectivity index (χ1n) is 6.03. The summed E-state index contributed by atoms with van der Waals surface area (Å²) in [4.78, 5) is 11.6. The largest absolute Gasteiger partial charge is 0.352 e. The SMILES string of the molecule is CCC1CCC(NC(=O)C(C)(C)N)CC1. The molecule has 0 unspecified atom stereocenters. The molecule has 0 saturated heterocycles. The van der Waals surface area contributed by atoms with E-state index in [9.17, 15) is 4.79 Å². The van der Waals surface area contributed by atoms with Gasteiger partial charge in [-0.3, -0.25) is 4.79 Å². The number of nitrogens with two attached hydrogens (primary N) is 1. The summed E-state index contributed by atoms with van der Waals surface area (Å²) in [5.74, 6) is 0.839. The van der Waals surface area contributed by atoms with Crippen LogP contribution in [0.3, 0.4) is 0 Å². The van der Waals surface area contributed by atoms with Gasteiger partial charge in [0.15, 0.2) is 0 Å². The molecule has 1 amide bonds. The second-order valence-electron chi connectivity index (χ2n) is 5.32. The smallest absolute Gasteiger partial charge is 0.239 e. The van der Waals surface area contributed by atoms with Crippen LogP contribution in [0.1, 0.15) is 52.9 Å². The zero-order valence-electron chi connectivity index (χ0n) is 10.2. The highest BCUT2D eigenvalue weighted by atomic mass is 16.2. The van der Waals surface area contributed by atoms with Gasteiger partial charge in [-0.25, -0.2) is 0 Å². The molecular weight excluding hydrogens is 188 g/mol. The predicted molar refractivity (Wildman–Crippen MR) is 62.4 cm³/mol. The fraction of sp³-hybridized carbons (Fsp3) is 0.917. The van der Waals surface area contributed by atoms with Crippen LogP contribution >= 0.6 is 0 Å². The van der Waals surface area contributed by atoms with Crippen molar-refractivity contribution in [2.75, 3.05) is 0 Å². The van der Waals surface area contributed by atoms with E-state index in [1.165, 1.54) is 19.3 Å². The molecule has 1 saturated carbocycles. The molecule has 88 valence electrons. The number of rotatable bonds is 3. The van der Waals surface area contributed by atoms with Crippen molar-refractivity contribution in [3.63, 3.8) is 0 Å². The van der Waals surface area contributed by atoms with E-state index < -0.39 is 5.54 Å². The maximum atomic E-state index is 11.6. The van der Waals surface area contributed by atoms with Crippen molar-refractivity contribution >= 4 is 5.91 Å². The summed E-state index contributed by atoms with van der Waals surface area (Å²) in [5.41, 5.74) is 4.99. The molecule has 15 heavy (non-hydrogen) atoms. The Balaban J connectivity index is 2.33. The number of hydrogen-bond donors (Lipinski definition) is 2. The number of nitrogens with one attached hydrogen (secondary N) is 1. The Hall–Kier alpha value is -0.570. The number of carbonyl (C=O) groups excluding carboxylic acids is 1. The van der Waals surface area contributed by atoms with Gasteiger partial charge in [-0.2, -0.15) is 0 Å². The summed E-state index contributed by atoms with van der Waals surface area (Å²) in [7, 11) is 0. The van der Waals surface area contributed by atoms with E-state index in [1.807, 2.05) is 0 Å². The van der Waals surface area contributed by atoms with Crippen molar-refractivity contribution in [1.29, 1.82) is 0 Å². The molecule has 0 radical (unpaired) electrons. The van der Waals surface area contributed by atoms with Crippen molar-refractivity contribution < 1.29 is 4.79 Å². The van der Waals surface area contributed by atoms with Crippen molar-refractivity contribution in [1.82, 2.24) is 5.32 Å². The molecule has 3 nitrogen and oxygen atoms in total. The van der Waals surface area contributed by atoms with E-state index in [1.54, 1.807) is 13.8 Å². The molecule has 0 aromatic rings. The molecule has 0 aliphatic heterocycles. The lowest BCUT2D eigenvalue weighted by Crippen LogP contribution is -2.52. The Labute approximate surface area is 92.8 Å². The molecule has 0 spiro atoms. The lowest BCUT2D eigenvalue weighted by atomic mass is 9.84. The van der Waals surface area contributed by atoms with Gasteiger partial charge in [0.2, 0.25) is 5.91 Å². The van der Waals surface area contributed by atoms with Gasteiger partial charge < -0.3 is 11.1 Å². The fourth-order valence-corrected chi connectivity index (χ4v) is 2.09. The predicted octanol–water partition coefficient (Wildman–Crippen LogP) is 1.81. The normalized spacial score (nSPS) is 27.5. The maximum Gasteiger partial charge on any atom is 0.239 e. The molecule has 0 aromatic heterocycles. The monoisotopic (exact) mass is 212 g/mol. The molecule has 3 heteroatoms. The van der Waals surface area contributed by atoms with Gasteiger partial charge in [0.25, 0.3) is 0 Å². The lowest BCUT2D eigenvalue weighted by molar-refractivity contribution is -0.126. The van der Waals surface area contributed by atoms with Gasteiger partial charge in [0.1, 0.15) is 0 Å². The molecule has 1 fully saturated rings. The molecule has 1 rings (SSSR count). The molecule has 0 heterocycles. The summed E-state index contributed by atoms with van der Waals surface area (Å²) < 4.78 is 0. The van der Waals surface area contributed by atoms with Crippen LogP contribution < -0.4 is 11.1 Å². The van der Waals surface area contributed by atoms with Crippen LogP contribution in [0.25, 0.3) is 0 Å². The van der Waals surface area contributed by atoms with Gasteiger partial charge in [0, 0.05) is 6.04 Å². The van der Waals surface area contributed by atoms with E-state index in [0.29, 0.717) is 6.04 Å². The summed E-state index contributed by atoms with van der Waals surface area (Å²) >= 11 is 0. The minimum Gasteiger partial charge on any atom is -0.352 e. The number of carbonyl (C=O) groups is 1. The molecule has 1 aliphatic carbocycles. The topological polar surface area (TPSA) is 55.1 Å². The van der Waals surface area contributed by atoms with Crippen LogP contribution in [0.5, 0.6) is 0 Å². The fourth-order valence-electron chi connectivity index (χ4n) is 2.09. The highest BCUT2D eigenvalue weighted by molar-refractivity contribution is 5.85. The van der Waals surface area contributed by atoms with Gasteiger partial charge in [-0.1, -0.05) is 13.3 Å². The van der Waals surface area contributed by atoms with Crippen LogP contribution in [0.4, 0.5) is 0 Å². The average Bonchev–Trinajstić information content (AvgIpc) is 2.17. The van der Waals surface area contributed by atoms with Crippen LogP contribution in [-0.4, -0.2) is 17.5 Å². The second kappa shape index (κ2) is 4.97. The lowest BCUT2D eigenvalue weighted by Gasteiger charge is -2.30. The molecule has 0 aromatic carbocycles. The van der Waals surface area contributed by atoms with Crippen molar-refractivity contribution in [3.05, 3.63) is 0 Å². The quantitative estimate of drug-likeness (QED) is 0.749. The minimum absolute atomic E-state index is 0.0255. The van der Waals surface area contributed by atoms with Crippen molar-refractivity contribution in [2.45, 2.75) is 64.5 Å². The zero-order valence-corrected chi connectivity index (χ0v) is 10.2. The summed E-state index contributed by atoms with van der Waals surface area (Å²) in [6.45, 7) is 5.74. The number of hydrogen-bond acceptors (Lipinski definition) is 2. The Kier molecular flexibility index (Phi) is 4.14. The van der Waals surface area contributed by atoms with Gasteiger partial charge in [0.05, 0.1) is 5.54 Å². The molecular formula is C12H24N2O. The van der Waals surface area contributed by atoms with Crippen molar-refractivity contribution in [3.8, 4) is 0 Å². The summed E-state index contributed by atoms with van der Waals surface area (Å²) in [6, 6.07) is 0.350. The third kappa shape index (κ3) is 3.82. The van der Waals surface area contributed by atoms with Crippen LogP contribution in [0, 0.1) is 5.92 Å². The second-order valence-corrected chi connectivity index (χ2v) is 5.32. The maximum absolute atomic E-state index is 11.6. The highest BCUT2D eigenvalue weighted by Gasteiger charge is 2.26. The molecule has 0 atom stereocenters. The Morgan fingerprint density at radius 1 is 1.33 bits per heavy atom. The van der Waals surface area contributed by atoms with Gasteiger partial charge in [-0.15, -0.1) is 0 Å². The minimum atomic E-state index is -0.748. The molecule has 1 aliphatic rings. The van der Waals surface area contributed by atoms with E-state index >= 15 is 0 Å². The van der Waals surface area contributed by atoms with Gasteiger partial charge in [-0.05, 0) is 45.4 Å². The third-order valence-corrected chi connectivity index (χ3v) is 3.34.